The third-order valence-corrected chi connectivity index (χ3v) is 2.33. The minimum absolute atomic E-state index is 0.0960. The van der Waals surface area contributed by atoms with E-state index in [-0.39, 0.29) is 11.5 Å². The summed E-state index contributed by atoms with van der Waals surface area (Å²) >= 11 is 16.5. The molecule has 1 aromatic rings. The summed E-state index contributed by atoms with van der Waals surface area (Å²) in [5.41, 5.74) is 5.83. The SMILES string of the molecule is NC(=CC(=O)c1ccccc1)C(Cl)(Cl)Cl. The Morgan fingerprint density at radius 1 is 1.20 bits per heavy atom. The molecule has 0 amide bonds. The first-order valence-electron chi connectivity index (χ1n) is 4.05. The molecule has 2 N–H and O–H groups in total. The molecule has 0 atom stereocenters. The van der Waals surface area contributed by atoms with Gasteiger partial charge in [0.2, 0.25) is 3.79 Å². The molecule has 0 spiro atoms. The minimum atomic E-state index is -1.75. The summed E-state index contributed by atoms with van der Waals surface area (Å²) in [6, 6.07) is 8.60. The Balaban J connectivity index is 2.90. The predicted molar refractivity (Wildman–Crippen MR) is 63.3 cm³/mol. The van der Waals surface area contributed by atoms with Crippen molar-refractivity contribution in [2.24, 2.45) is 5.73 Å². The summed E-state index contributed by atoms with van der Waals surface area (Å²) < 4.78 is -1.75. The highest BCUT2D eigenvalue weighted by molar-refractivity contribution is 6.69. The van der Waals surface area contributed by atoms with Crippen molar-refractivity contribution >= 4 is 40.6 Å². The van der Waals surface area contributed by atoms with E-state index in [4.69, 9.17) is 40.5 Å². The lowest BCUT2D eigenvalue weighted by atomic mass is 10.1. The monoisotopic (exact) mass is 263 g/mol. The van der Waals surface area contributed by atoms with E-state index in [0.29, 0.717) is 5.56 Å². The van der Waals surface area contributed by atoms with Gasteiger partial charge in [0, 0.05) is 11.6 Å². The van der Waals surface area contributed by atoms with E-state index < -0.39 is 3.79 Å². The Morgan fingerprint density at radius 3 is 2.20 bits per heavy atom. The van der Waals surface area contributed by atoms with Crippen molar-refractivity contribution in [2.45, 2.75) is 3.79 Å². The first-order chi connectivity index (χ1) is 6.91. The number of ketones is 1. The highest BCUT2D eigenvalue weighted by Crippen LogP contribution is 2.31. The molecular weight excluding hydrogens is 256 g/mol. The lowest BCUT2D eigenvalue weighted by Crippen LogP contribution is -2.17. The summed E-state index contributed by atoms with van der Waals surface area (Å²) in [4.78, 5) is 11.6. The van der Waals surface area contributed by atoms with Crippen LogP contribution in [0.15, 0.2) is 42.1 Å². The van der Waals surface area contributed by atoms with Crippen molar-refractivity contribution in [2.75, 3.05) is 0 Å². The van der Waals surface area contributed by atoms with E-state index in [2.05, 4.69) is 0 Å². The van der Waals surface area contributed by atoms with Crippen LogP contribution in [0.1, 0.15) is 10.4 Å². The molecule has 5 heteroatoms. The number of rotatable bonds is 2. The number of benzene rings is 1. The number of hydrogen-bond donors (Lipinski definition) is 1. The van der Waals surface area contributed by atoms with Gasteiger partial charge in [-0.25, -0.2) is 0 Å². The number of hydrogen-bond acceptors (Lipinski definition) is 2. The molecule has 15 heavy (non-hydrogen) atoms. The number of carbonyl (C=O) groups is 1. The van der Waals surface area contributed by atoms with Gasteiger partial charge in [-0.15, -0.1) is 0 Å². The van der Waals surface area contributed by atoms with E-state index in [0.717, 1.165) is 6.08 Å². The van der Waals surface area contributed by atoms with Crippen molar-refractivity contribution in [1.82, 2.24) is 0 Å². The second-order valence-electron chi connectivity index (χ2n) is 2.83. The maximum absolute atomic E-state index is 11.6. The van der Waals surface area contributed by atoms with E-state index in [1.807, 2.05) is 0 Å². The Morgan fingerprint density at radius 2 is 1.73 bits per heavy atom. The van der Waals surface area contributed by atoms with Crippen molar-refractivity contribution in [3.05, 3.63) is 47.7 Å². The predicted octanol–water partition coefficient (Wildman–Crippen LogP) is 3.08. The first kappa shape index (κ1) is 12.4. The molecule has 1 aromatic carbocycles. The number of alkyl halides is 3. The summed E-state index contributed by atoms with van der Waals surface area (Å²) in [5.74, 6) is -0.292. The molecule has 0 heterocycles. The molecule has 0 bridgehead atoms. The molecule has 2 nitrogen and oxygen atoms in total. The van der Waals surface area contributed by atoms with Crippen molar-refractivity contribution in [1.29, 1.82) is 0 Å². The molecule has 80 valence electrons. The molecule has 0 aromatic heterocycles. The average molecular weight is 265 g/mol. The van der Waals surface area contributed by atoms with Crippen molar-refractivity contribution < 1.29 is 4.79 Å². The number of nitrogens with two attached hydrogens (primary N) is 1. The highest BCUT2D eigenvalue weighted by atomic mass is 35.6. The van der Waals surface area contributed by atoms with Crippen LogP contribution in [0.2, 0.25) is 0 Å². The van der Waals surface area contributed by atoms with E-state index >= 15 is 0 Å². The van der Waals surface area contributed by atoms with Crippen LogP contribution in [0.3, 0.4) is 0 Å². The maximum Gasteiger partial charge on any atom is 0.230 e. The van der Waals surface area contributed by atoms with Crippen molar-refractivity contribution in [3.63, 3.8) is 0 Å². The standard InChI is InChI=1S/C10H8Cl3NO/c11-10(12,13)9(14)6-8(15)7-4-2-1-3-5-7/h1-6H,14H2. The van der Waals surface area contributed by atoms with Gasteiger partial charge in [-0.3, -0.25) is 4.79 Å². The molecular formula is C10H8Cl3NO. The maximum atomic E-state index is 11.6. The number of halogens is 3. The fraction of sp³-hybridized carbons (Fsp3) is 0.100. The highest BCUT2D eigenvalue weighted by Gasteiger charge is 2.24. The zero-order chi connectivity index (χ0) is 11.5. The van der Waals surface area contributed by atoms with Gasteiger partial charge in [0.15, 0.2) is 5.78 Å². The molecule has 0 fully saturated rings. The number of allylic oxidation sites excluding steroid dienone is 2. The Kier molecular flexibility index (Phi) is 4.03. The van der Waals surface area contributed by atoms with Crippen LogP contribution in [0.5, 0.6) is 0 Å². The average Bonchev–Trinajstić information content (AvgIpc) is 2.17. The van der Waals surface area contributed by atoms with Gasteiger partial charge in [0.1, 0.15) is 0 Å². The molecule has 0 saturated heterocycles. The topological polar surface area (TPSA) is 43.1 Å². The van der Waals surface area contributed by atoms with Crippen LogP contribution in [-0.4, -0.2) is 9.58 Å². The van der Waals surface area contributed by atoms with Gasteiger partial charge in [0.25, 0.3) is 0 Å². The molecule has 0 radical (unpaired) electrons. The van der Waals surface area contributed by atoms with E-state index in [9.17, 15) is 4.79 Å². The second kappa shape index (κ2) is 4.88. The van der Waals surface area contributed by atoms with Crippen LogP contribution in [0.4, 0.5) is 0 Å². The zero-order valence-corrected chi connectivity index (χ0v) is 9.85. The van der Waals surface area contributed by atoms with Crippen molar-refractivity contribution in [3.8, 4) is 0 Å². The third-order valence-electron chi connectivity index (χ3n) is 1.67. The fourth-order valence-corrected chi connectivity index (χ4v) is 1.07. The summed E-state index contributed by atoms with van der Waals surface area (Å²) in [5, 5.41) is 0. The summed E-state index contributed by atoms with van der Waals surface area (Å²) in [7, 11) is 0. The minimum Gasteiger partial charge on any atom is -0.398 e. The summed E-state index contributed by atoms with van der Waals surface area (Å²) in [6.07, 6.45) is 1.11. The van der Waals surface area contributed by atoms with Crippen LogP contribution in [0.25, 0.3) is 0 Å². The third kappa shape index (κ3) is 3.74. The van der Waals surface area contributed by atoms with Gasteiger partial charge in [-0.2, -0.15) is 0 Å². The normalized spacial score (nSPS) is 12.6. The molecule has 0 aliphatic rings. The zero-order valence-electron chi connectivity index (χ0n) is 7.58. The van der Waals surface area contributed by atoms with Gasteiger partial charge >= 0.3 is 0 Å². The Labute approximate surface area is 103 Å². The van der Waals surface area contributed by atoms with Gasteiger partial charge in [-0.05, 0) is 0 Å². The molecule has 0 saturated carbocycles. The van der Waals surface area contributed by atoms with Crippen LogP contribution in [-0.2, 0) is 0 Å². The quantitative estimate of drug-likeness (QED) is 0.507. The van der Waals surface area contributed by atoms with Crippen LogP contribution >= 0.6 is 34.8 Å². The molecule has 1 rings (SSSR count). The molecule has 0 unspecified atom stereocenters. The van der Waals surface area contributed by atoms with Crippen LogP contribution < -0.4 is 5.73 Å². The summed E-state index contributed by atoms with van der Waals surface area (Å²) in [6.45, 7) is 0. The lowest BCUT2D eigenvalue weighted by molar-refractivity contribution is 0.104. The Bertz CT molecular complexity index is 381. The van der Waals surface area contributed by atoms with Gasteiger partial charge in [-0.1, -0.05) is 65.1 Å². The lowest BCUT2D eigenvalue weighted by Gasteiger charge is -2.10. The van der Waals surface area contributed by atoms with Gasteiger partial charge < -0.3 is 5.73 Å². The fourth-order valence-electron chi connectivity index (χ4n) is 0.909. The van der Waals surface area contributed by atoms with Gasteiger partial charge in [0.05, 0.1) is 5.70 Å². The second-order valence-corrected chi connectivity index (χ2v) is 5.11. The molecule has 0 aliphatic carbocycles. The van der Waals surface area contributed by atoms with Crippen LogP contribution in [0, 0.1) is 0 Å². The van der Waals surface area contributed by atoms with E-state index in [1.54, 1.807) is 30.3 Å². The largest absolute Gasteiger partial charge is 0.398 e. The first-order valence-corrected chi connectivity index (χ1v) is 5.18. The Hall–Kier alpha value is -0.700. The number of carbonyl (C=O) groups excluding carboxylic acids is 1. The smallest absolute Gasteiger partial charge is 0.230 e. The molecule has 0 aliphatic heterocycles. The van der Waals surface area contributed by atoms with E-state index in [1.165, 1.54) is 0 Å².